The van der Waals surface area contributed by atoms with Crippen molar-refractivity contribution in [3.63, 3.8) is 0 Å². The number of hydrogen-bond donors (Lipinski definition) is 2. The third-order valence-electron chi connectivity index (χ3n) is 3.24. The number of rotatable bonds is 7. The van der Waals surface area contributed by atoms with Crippen molar-refractivity contribution < 1.29 is 19.1 Å². The first-order valence-electron chi connectivity index (χ1n) is 8.24. The summed E-state index contributed by atoms with van der Waals surface area (Å²) in [6.45, 7) is 5.81. The van der Waals surface area contributed by atoms with Crippen molar-refractivity contribution in [3.8, 4) is 11.5 Å². The summed E-state index contributed by atoms with van der Waals surface area (Å²) in [4.78, 5) is 27.4. The van der Waals surface area contributed by atoms with Crippen LogP contribution in [0.1, 0.15) is 30.1 Å². The van der Waals surface area contributed by atoms with Crippen LogP contribution in [0.25, 0.3) is 0 Å². The first-order valence-corrected chi connectivity index (χ1v) is 9.12. The molecule has 2 amide bonds. The molecule has 0 saturated heterocycles. The standard InChI is InChI=1S/C18H22N4O4S/c1-11(2)20-17(23)18(24)22-19-8-13-5-6-15(16(7-13)25-4)26-9-14-10-27-12(3)21-14/h5-8,10-11H,9H2,1-4H3,(H,20,23)(H,22,24)/b19-8-. The maximum absolute atomic E-state index is 11.6. The number of carbonyl (C=O) groups is 2. The zero-order valence-corrected chi connectivity index (χ0v) is 16.4. The third-order valence-corrected chi connectivity index (χ3v) is 4.06. The number of ether oxygens (including phenoxy) is 2. The Bertz CT molecular complexity index is 833. The van der Waals surface area contributed by atoms with Gasteiger partial charge >= 0.3 is 11.8 Å². The summed E-state index contributed by atoms with van der Waals surface area (Å²) in [6, 6.07) is 5.09. The van der Waals surface area contributed by atoms with Gasteiger partial charge in [0.05, 0.1) is 24.0 Å². The molecule has 0 aliphatic heterocycles. The summed E-state index contributed by atoms with van der Waals surface area (Å²) < 4.78 is 11.1. The summed E-state index contributed by atoms with van der Waals surface area (Å²) in [5, 5.41) is 9.19. The molecule has 2 rings (SSSR count). The maximum Gasteiger partial charge on any atom is 0.329 e. The van der Waals surface area contributed by atoms with Crippen molar-refractivity contribution in [2.24, 2.45) is 5.10 Å². The Labute approximate surface area is 161 Å². The Morgan fingerprint density at radius 1 is 1.30 bits per heavy atom. The Morgan fingerprint density at radius 2 is 2.07 bits per heavy atom. The molecule has 2 aromatic rings. The molecule has 0 spiro atoms. The molecule has 0 saturated carbocycles. The highest BCUT2D eigenvalue weighted by Crippen LogP contribution is 2.28. The number of amides is 2. The molecule has 1 heterocycles. The van der Waals surface area contributed by atoms with Crippen molar-refractivity contribution in [2.75, 3.05) is 7.11 Å². The van der Waals surface area contributed by atoms with E-state index in [2.05, 4.69) is 20.8 Å². The van der Waals surface area contributed by atoms with Gasteiger partial charge in [-0.05, 0) is 44.5 Å². The summed E-state index contributed by atoms with van der Waals surface area (Å²) in [5.41, 5.74) is 3.71. The second-order valence-corrected chi connectivity index (χ2v) is 6.95. The zero-order valence-electron chi connectivity index (χ0n) is 15.6. The monoisotopic (exact) mass is 390 g/mol. The van der Waals surface area contributed by atoms with E-state index < -0.39 is 11.8 Å². The van der Waals surface area contributed by atoms with Crippen LogP contribution in [0.15, 0.2) is 28.7 Å². The first-order chi connectivity index (χ1) is 12.9. The molecule has 1 aromatic heterocycles. The third kappa shape index (κ3) is 6.37. The Morgan fingerprint density at radius 3 is 2.70 bits per heavy atom. The van der Waals surface area contributed by atoms with Crippen molar-refractivity contribution in [2.45, 2.75) is 33.4 Å². The highest BCUT2D eigenvalue weighted by atomic mass is 32.1. The molecule has 0 fully saturated rings. The number of benzene rings is 1. The van der Waals surface area contributed by atoms with Crippen LogP contribution in [0.4, 0.5) is 0 Å². The van der Waals surface area contributed by atoms with E-state index in [1.165, 1.54) is 13.3 Å². The largest absolute Gasteiger partial charge is 0.493 e. The number of methoxy groups -OCH3 is 1. The molecule has 0 aliphatic rings. The van der Waals surface area contributed by atoms with Gasteiger partial charge in [0.15, 0.2) is 11.5 Å². The summed E-state index contributed by atoms with van der Waals surface area (Å²) in [7, 11) is 1.54. The number of nitrogens with zero attached hydrogens (tertiary/aromatic N) is 2. The van der Waals surface area contributed by atoms with E-state index in [1.54, 1.807) is 43.4 Å². The lowest BCUT2D eigenvalue weighted by molar-refractivity contribution is -0.139. The second-order valence-electron chi connectivity index (χ2n) is 5.88. The van der Waals surface area contributed by atoms with Crippen LogP contribution in [0, 0.1) is 6.92 Å². The van der Waals surface area contributed by atoms with Crippen LogP contribution in [-0.4, -0.2) is 36.2 Å². The number of hydrogen-bond acceptors (Lipinski definition) is 7. The van der Waals surface area contributed by atoms with Gasteiger partial charge in [0, 0.05) is 11.4 Å². The van der Waals surface area contributed by atoms with Crippen LogP contribution in [0.3, 0.4) is 0 Å². The van der Waals surface area contributed by atoms with Crippen molar-refractivity contribution in [1.82, 2.24) is 15.7 Å². The Hall–Kier alpha value is -2.94. The number of thiazole rings is 1. The average Bonchev–Trinajstić information content (AvgIpc) is 3.05. The van der Waals surface area contributed by atoms with E-state index in [-0.39, 0.29) is 6.04 Å². The summed E-state index contributed by atoms with van der Waals surface area (Å²) >= 11 is 1.57. The minimum atomic E-state index is -0.828. The molecule has 0 unspecified atom stereocenters. The van der Waals surface area contributed by atoms with Gasteiger partial charge in [-0.3, -0.25) is 9.59 Å². The number of nitrogens with one attached hydrogen (secondary N) is 2. The van der Waals surface area contributed by atoms with Crippen molar-refractivity contribution in [1.29, 1.82) is 0 Å². The van der Waals surface area contributed by atoms with Crippen LogP contribution >= 0.6 is 11.3 Å². The minimum Gasteiger partial charge on any atom is -0.493 e. The normalized spacial score (nSPS) is 10.9. The second kappa shape index (κ2) is 9.67. The maximum atomic E-state index is 11.6. The molecule has 2 N–H and O–H groups in total. The van der Waals surface area contributed by atoms with E-state index in [9.17, 15) is 9.59 Å². The molecule has 0 aliphatic carbocycles. The molecule has 0 bridgehead atoms. The van der Waals surface area contributed by atoms with Gasteiger partial charge in [0.1, 0.15) is 6.61 Å². The molecule has 0 atom stereocenters. The highest BCUT2D eigenvalue weighted by molar-refractivity contribution is 7.09. The number of hydrazone groups is 1. The molecule has 27 heavy (non-hydrogen) atoms. The van der Waals surface area contributed by atoms with E-state index in [0.717, 1.165) is 10.7 Å². The molecule has 0 radical (unpaired) electrons. The smallest absolute Gasteiger partial charge is 0.329 e. The predicted octanol–water partition coefficient (Wildman–Crippen LogP) is 2.01. The molecular weight excluding hydrogens is 368 g/mol. The molecule has 9 heteroatoms. The van der Waals surface area contributed by atoms with Gasteiger partial charge < -0.3 is 14.8 Å². The van der Waals surface area contributed by atoms with Crippen LogP contribution in [0.2, 0.25) is 0 Å². The first kappa shape index (κ1) is 20.4. The van der Waals surface area contributed by atoms with E-state index in [4.69, 9.17) is 9.47 Å². The molecule has 144 valence electrons. The van der Waals surface area contributed by atoms with Gasteiger partial charge in [-0.1, -0.05) is 0 Å². The number of aromatic nitrogens is 1. The molecule has 8 nitrogen and oxygen atoms in total. The van der Waals surface area contributed by atoms with Gasteiger partial charge in [0.25, 0.3) is 0 Å². The quantitative estimate of drug-likeness (QED) is 0.428. The fraction of sp³-hybridized carbons (Fsp3) is 0.333. The highest BCUT2D eigenvalue weighted by Gasteiger charge is 2.13. The lowest BCUT2D eigenvalue weighted by Crippen LogP contribution is -2.41. The van der Waals surface area contributed by atoms with E-state index in [1.807, 2.05) is 12.3 Å². The number of carbonyl (C=O) groups excluding carboxylic acids is 2. The lowest BCUT2D eigenvalue weighted by atomic mass is 10.2. The zero-order chi connectivity index (χ0) is 19.8. The molecule has 1 aromatic carbocycles. The predicted molar refractivity (Wildman–Crippen MR) is 103 cm³/mol. The van der Waals surface area contributed by atoms with Crippen molar-refractivity contribution in [3.05, 3.63) is 39.8 Å². The molecular formula is C18H22N4O4S. The van der Waals surface area contributed by atoms with Gasteiger partial charge in [0.2, 0.25) is 0 Å². The number of aryl methyl sites for hydroxylation is 1. The van der Waals surface area contributed by atoms with Crippen LogP contribution in [0.5, 0.6) is 11.5 Å². The van der Waals surface area contributed by atoms with Crippen molar-refractivity contribution >= 4 is 29.4 Å². The average molecular weight is 390 g/mol. The fourth-order valence-corrected chi connectivity index (χ4v) is 2.65. The van der Waals surface area contributed by atoms with E-state index in [0.29, 0.717) is 23.7 Å². The fourth-order valence-electron chi connectivity index (χ4n) is 2.05. The Balaban J connectivity index is 1.96. The van der Waals surface area contributed by atoms with Gasteiger partial charge in [-0.2, -0.15) is 5.10 Å². The Kier molecular flexibility index (Phi) is 7.30. The SMILES string of the molecule is COc1cc(/C=N\NC(=O)C(=O)NC(C)C)ccc1OCc1csc(C)n1. The van der Waals surface area contributed by atoms with Crippen LogP contribution < -0.4 is 20.2 Å². The van der Waals surface area contributed by atoms with E-state index >= 15 is 0 Å². The van der Waals surface area contributed by atoms with Gasteiger partial charge in [-0.15, -0.1) is 11.3 Å². The minimum absolute atomic E-state index is 0.128. The van der Waals surface area contributed by atoms with Gasteiger partial charge in [-0.25, -0.2) is 10.4 Å². The topological polar surface area (TPSA) is 102 Å². The summed E-state index contributed by atoms with van der Waals surface area (Å²) in [6.07, 6.45) is 1.41. The lowest BCUT2D eigenvalue weighted by Gasteiger charge is -2.10. The summed E-state index contributed by atoms with van der Waals surface area (Å²) in [5.74, 6) is -0.471. The van der Waals surface area contributed by atoms with Crippen LogP contribution in [-0.2, 0) is 16.2 Å².